The fraction of sp³-hybridized carbons (Fsp3) is 1.00. The Bertz CT molecular complexity index is 284. The number of rotatable bonds is 7. The second kappa shape index (κ2) is 6.57. The second-order valence-electron chi connectivity index (χ2n) is 4.71. The van der Waals surface area contributed by atoms with Crippen molar-refractivity contribution in [2.24, 2.45) is 0 Å². The van der Waals surface area contributed by atoms with Crippen molar-refractivity contribution in [3.05, 3.63) is 0 Å². The summed E-state index contributed by atoms with van der Waals surface area (Å²) in [6.45, 7) is 3.79. The SMILES string of the molecule is CC(CC1CCCO1)NCCCS(C)(=O)=O. The Hall–Kier alpha value is -0.130. The number of ether oxygens (including phenoxy) is 1. The lowest BCUT2D eigenvalue weighted by Gasteiger charge is -2.17. The van der Waals surface area contributed by atoms with Crippen LogP contribution in [0.1, 0.15) is 32.6 Å². The van der Waals surface area contributed by atoms with E-state index in [1.807, 2.05) is 0 Å². The maximum Gasteiger partial charge on any atom is 0.147 e. The van der Waals surface area contributed by atoms with Crippen LogP contribution in [-0.4, -0.2) is 45.7 Å². The molecule has 0 radical (unpaired) electrons. The third kappa shape index (κ3) is 6.45. The molecule has 1 N–H and O–H groups in total. The van der Waals surface area contributed by atoms with Crippen LogP contribution in [0.3, 0.4) is 0 Å². The van der Waals surface area contributed by atoms with Gasteiger partial charge in [0.2, 0.25) is 0 Å². The Labute approximate surface area is 98.7 Å². The minimum Gasteiger partial charge on any atom is -0.378 e. The van der Waals surface area contributed by atoms with E-state index in [-0.39, 0.29) is 5.75 Å². The van der Waals surface area contributed by atoms with Gasteiger partial charge in [-0.05, 0) is 39.2 Å². The molecule has 2 atom stereocenters. The molecule has 0 bridgehead atoms. The van der Waals surface area contributed by atoms with Crippen LogP contribution in [0, 0.1) is 0 Å². The lowest BCUT2D eigenvalue weighted by atomic mass is 10.1. The largest absolute Gasteiger partial charge is 0.378 e. The van der Waals surface area contributed by atoms with Crippen molar-refractivity contribution in [3.63, 3.8) is 0 Å². The summed E-state index contributed by atoms with van der Waals surface area (Å²) in [6.07, 6.45) is 5.73. The maximum atomic E-state index is 10.9. The topological polar surface area (TPSA) is 55.4 Å². The molecular formula is C11H23NO3S. The smallest absolute Gasteiger partial charge is 0.147 e. The summed E-state index contributed by atoms with van der Waals surface area (Å²) in [5.74, 6) is 0.270. The minimum absolute atomic E-state index is 0.270. The van der Waals surface area contributed by atoms with Crippen LogP contribution in [0.4, 0.5) is 0 Å². The average Bonchev–Trinajstić information content (AvgIpc) is 2.63. The highest BCUT2D eigenvalue weighted by atomic mass is 32.2. The monoisotopic (exact) mass is 249 g/mol. The second-order valence-corrected chi connectivity index (χ2v) is 6.97. The lowest BCUT2D eigenvalue weighted by Crippen LogP contribution is -2.31. The van der Waals surface area contributed by atoms with Crippen molar-refractivity contribution < 1.29 is 13.2 Å². The van der Waals surface area contributed by atoms with Crippen LogP contribution in [0.25, 0.3) is 0 Å². The zero-order valence-corrected chi connectivity index (χ0v) is 11.1. The fourth-order valence-corrected chi connectivity index (χ4v) is 2.66. The van der Waals surface area contributed by atoms with Gasteiger partial charge in [-0.3, -0.25) is 0 Å². The van der Waals surface area contributed by atoms with Crippen molar-refractivity contribution in [2.45, 2.75) is 44.8 Å². The van der Waals surface area contributed by atoms with E-state index >= 15 is 0 Å². The van der Waals surface area contributed by atoms with E-state index in [0.717, 1.165) is 26.0 Å². The van der Waals surface area contributed by atoms with Crippen molar-refractivity contribution in [1.29, 1.82) is 0 Å². The number of sulfone groups is 1. The number of nitrogens with one attached hydrogen (secondary N) is 1. The van der Waals surface area contributed by atoms with Crippen LogP contribution < -0.4 is 5.32 Å². The van der Waals surface area contributed by atoms with Gasteiger partial charge in [0.15, 0.2) is 0 Å². The molecule has 1 rings (SSSR count). The summed E-state index contributed by atoms with van der Waals surface area (Å²) in [6, 6.07) is 0.405. The summed E-state index contributed by atoms with van der Waals surface area (Å²) < 4.78 is 27.4. The standard InChI is InChI=1S/C11H23NO3S/c1-10(9-11-5-3-7-15-11)12-6-4-8-16(2,13)14/h10-12H,3-9H2,1-2H3. The lowest BCUT2D eigenvalue weighted by molar-refractivity contribution is 0.0964. The highest BCUT2D eigenvalue weighted by Gasteiger charge is 2.17. The van der Waals surface area contributed by atoms with Gasteiger partial charge in [0.25, 0.3) is 0 Å². The Morgan fingerprint density at radius 3 is 2.81 bits per heavy atom. The van der Waals surface area contributed by atoms with E-state index in [1.54, 1.807) is 0 Å². The highest BCUT2D eigenvalue weighted by molar-refractivity contribution is 7.90. The summed E-state index contributed by atoms with van der Waals surface area (Å²) in [5, 5.41) is 3.34. The molecule has 2 unspecified atom stereocenters. The van der Waals surface area contributed by atoms with Crippen LogP contribution in [0.2, 0.25) is 0 Å². The van der Waals surface area contributed by atoms with E-state index in [9.17, 15) is 8.42 Å². The molecule has 1 aliphatic rings. The zero-order chi connectivity index (χ0) is 12.0. The first-order valence-electron chi connectivity index (χ1n) is 6.00. The molecule has 1 aliphatic heterocycles. The van der Waals surface area contributed by atoms with Crippen LogP contribution >= 0.6 is 0 Å². The minimum atomic E-state index is -2.81. The van der Waals surface area contributed by atoms with Gasteiger partial charge in [0, 0.05) is 18.9 Å². The Morgan fingerprint density at radius 2 is 2.25 bits per heavy atom. The summed E-state index contributed by atoms with van der Waals surface area (Å²) in [7, 11) is -2.81. The van der Waals surface area contributed by atoms with Gasteiger partial charge in [-0.2, -0.15) is 0 Å². The Morgan fingerprint density at radius 1 is 1.50 bits per heavy atom. The third-order valence-electron chi connectivity index (χ3n) is 2.83. The molecule has 0 amide bonds. The van der Waals surface area contributed by atoms with E-state index in [0.29, 0.717) is 18.6 Å². The first-order chi connectivity index (χ1) is 7.47. The average molecular weight is 249 g/mol. The van der Waals surface area contributed by atoms with Crippen molar-refractivity contribution in [3.8, 4) is 0 Å². The molecule has 0 aromatic carbocycles. The third-order valence-corrected chi connectivity index (χ3v) is 3.86. The van der Waals surface area contributed by atoms with Gasteiger partial charge < -0.3 is 10.1 Å². The van der Waals surface area contributed by atoms with E-state index < -0.39 is 9.84 Å². The first kappa shape index (κ1) is 13.9. The molecule has 4 nitrogen and oxygen atoms in total. The van der Waals surface area contributed by atoms with E-state index in [2.05, 4.69) is 12.2 Å². The van der Waals surface area contributed by atoms with Gasteiger partial charge in [-0.25, -0.2) is 8.42 Å². The summed E-state index contributed by atoms with van der Waals surface area (Å²) in [5.41, 5.74) is 0. The van der Waals surface area contributed by atoms with Gasteiger partial charge in [0.1, 0.15) is 9.84 Å². The zero-order valence-electron chi connectivity index (χ0n) is 10.2. The van der Waals surface area contributed by atoms with Gasteiger partial charge in [-0.15, -0.1) is 0 Å². The van der Waals surface area contributed by atoms with Gasteiger partial charge in [0.05, 0.1) is 11.9 Å². The molecule has 0 aromatic heterocycles. The molecule has 0 aliphatic carbocycles. The molecule has 1 saturated heterocycles. The van der Waals surface area contributed by atoms with Crippen molar-refractivity contribution >= 4 is 9.84 Å². The molecule has 0 spiro atoms. The molecule has 5 heteroatoms. The quantitative estimate of drug-likeness (QED) is 0.683. The van der Waals surface area contributed by atoms with Gasteiger partial charge >= 0.3 is 0 Å². The van der Waals surface area contributed by atoms with Crippen molar-refractivity contribution in [1.82, 2.24) is 5.32 Å². The molecular weight excluding hydrogens is 226 g/mol. The highest BCUT2D eigenvalue weighted by Crippen LogP contribution is 2.16. The molecule has 1 fully saturated rings. The predicted molar refractivity (Wildman–Crippen MR) is 65.4 cm³/mol. The van der Waals surface area contributed by atoms with Crippen LogP contribution in [0.15, 0.2) is 0 Å². The number of hydrogen-bond donors (Lipinski definition) is 1. The summed E-state index contributed by atoms with van der Waals surface area (Å²) in [4.78, 5) is 0. The van der Waals surface area contributed by atoms with Crippen LogP contribution in [0.5, 0.6) is 0 Å². The molecule has 0 aromatic rings. The number of hydrogen-bond acceptors (Lipinski definition) is 4. The Kier molecular flexibility index (Phi) is 5.72. The van der Waals surface area contributed by atoms with E-state index in [1.165, 1.54) is 12.7 Å². The first-order valence-corrected chi connectivity index (χ1v) is 8.06. The summed E-state index contributed by atoms with van der Waals surface area (Å²) >= 11 is 0. The van der Waals surface area contributed by atoms with Crippen molar-refractivity contribution in [2.75, 3.05) is 25.2 Å². The molecule has 0 saturated carbocycles. The maximum absolute atomic E-state index is 10.9. The van der Waals surface area contributed by atoms with Gasteiger partial charge in [-0.1, -0.05) is 0 Å². The normalized spacial score (nSPS) is 23.5. The van der Waals surface area contributed by atoms with E-state index in [4.69, 9.17) is 4.74 Å². The molecule has 96 valence electrons. The molecule has 1 heterocycles. The van der Waals surface area contributed by atoms with Crippen LogP contribution in [-0.2, 0) is 14.6 Å². The fourth-order valence-electron chi connectivity index (χ4n) is 1.99. The Balaban J connectivity index is 2.03. The predicted octanol–water partition coefficient (Wildman–Crippen LogP) is 0.968. The molecule has 16 heavy (non-hydrogen) atoms.